The maximum atomic E-state index is 5.87. The lowest BCUT2D eigenvalue weighted by molar-refractivity contribution is 0.235. The minimum Gasteiger partial charge on any atom is -0.399 e. The normalized spacial score (nSPS) is 16.7. The van der Waals surface area contributed by atoms with Crippen molar-refractivity contribution in [3.05, 3.63) is 59.7 Å². The quantitative estimate of drug-likeness (QED) is 0.772. The van der Waals surface area contributed by atoms with E-state index in [0.29, 0.717) is 0 Å². The smallest absolute Gasteiger partial charge is 0.0314 e. The zero-order valence-corrected chi connectivity index (χ0v) is 14.2. The number of nitrogens with two attached hydrogens (primary N) is 2. The Morgan fingerprint density at radius 1 is 0.636 bits per heavy atom. The van der Waals surface area contributed by atoms with Gasteiger partial charge < -0.3 is 11.5 Å². The Bertz CT molecular complexity index is 558. The Hall–Kier alpha value is -1.96. The van der Waals surface area contributed by atoms with E-state index in [9.17, 15) is 0 Å². The Morgan fingerprint density at radius 3 is 1.14 bits per heavy atom. The van der Waals surface area contributed by atoms with Gasteiger partial charge in [0, 0.05) is 22.2 Å². The largest absolute Gasteiger partial charge is 0.399 e. The highest BCUT2D eigenvalue weighted by Gasteiger charge is 2.44. The molecule has 118 valence electrons. The molecule has 4 N–H and O–H groups in total. The summed E-state index contributed by atoms with van der Waals surface area (Å²) in [6, 6.07) is 16.7. The van der Waals surface area contributed by atoms with E-state index >= 15 is 0 Å². The van der Waals surface area contributed by atoms with Crippen LogP contribution in [0.4, 0.5) is 11.4 Å². The van der Waals surface area contributed by atoms with Crippen LogP contribution in [-0.2, 0) is 10.8 Å². The standard InChI is InChI=1S/C20H28N2/c1-5-19(3,15-7-11-17(21)12-8-15)20(4,6-2)16-9-13-18(22)14-10-16/h7-14H,5-6,21-22H2,1-4H3. The van der Waals surface area contributed by atoms with E-state index in [1.807, 2.05) is 24.3 Å². The van der Waals surface area contributed by atoms with Crippen LogP contribution in [0.15, 0.2) is 48.5 Å². The summed E-state index contributed by atoms with van der Waals surface area (Å²) in [5.41, 5.74) is 16.1. The molecule has 2 rings (SSSR count). The Balaban J connectivity index is 2.57. The number of nitrogen functional groups attached to an aromatic ring is 2. The molecule has 0 bridgehead atoms. The van der Waals surface area contributed by atoms with Gasteiger partial charge in [-0.25, -0.2) is 0 Å². The van der Waals surface area contributed by atoms with Gasteiger partial charge in [0.1, 0.15) is 0 Å². The zero-order valence-electron chi connectivity index (χ0n) is 14.2. The minimum atomic E-state index is 0.0333. The van der Waals surface area contributed by atoms with E-state index in [0.717, 1.165) is 24.2 Å². The summed E-state index contributed by atoms with van der Waals surface area (Å²) >= 11 is 0. The van der Waals surface area contributed by atoms with Crippen molar-refractivity contribution in [3.63, 3.8) is 0 Å². The summed E-state index contributed by atoms with van der Waals surface area (Å²) in [4.78, 5) is 0. The van der Waals surface area contributed by atoms with Crippen molar-refractivity contribution in [2.75, 3.05) is 11.5 Å². The Morgan fingerprint density at radius 2 is 0.909 bits per heavy atom. The van der Waals surface area contributed by atoms with Crippen LogP contribution < -0.4 is 11.5 Å². The summed E-state index contributed by atoms with van der Waals surface area (Å²) < 4.78 is 0. The molecule has 0 saturated carbocycles. The van der Waals surface area contributed by atoms with Crippen LogP contribution in [0.5, 0.6) is 0 Å². The predicted octanol–water partition coefficient (Wildman–Crippen LogP) is 4.89. The number of rotatable bonds is 5. The third kappa shape index (κ3) is 2.58. The van der Waals surface area contributed by atoms with Crippen molar-refractivity contribution in [2.45, 2.75) is 51.4 Å². The van der Waals surface area contributed by atoms with Gasteiger partial charge in [0.05, 0.1) is 0 Å². The van der Waals surface area contributed by atoms with Crippen molar-refractivity contribution >= 4 is 11.4 Å². The van der Waals surface area contributed by atoms with Gasteiger partial charge in [0.25, 0.3) is 0 Å². The maximum absolute atomic E-state index is 5.87. The van der Waals surface area contributed by atoms with Gasteiger partial charge in [-0.15, -0.1) is 0 Å². The van der Waals surface area contributed by atoms with Crippen LogP contribution in [0, 0.1) is 0 Å². The molecular weight excluding hydrogens is 268 g/mol. The molecule has 0 heterocycles. The lowest BCUT2D eigenvalue weighted by atomic mass is 9.56. The average Bonchev–Trinajstić information content (AvgIpc) is 2.54. The fourth-order valence-corrected chi connectivity index (χ4v) is 3.53. The molecule has 0 aliphatic heterocycles. The number of benzene rings is 2. The van der Waals surface area contributed by atoms with Gasteiger partial charge in [0.15, 0.2) is 0 Å². The van der Waals surface area contributed by atoms with Crippen LogP contribution in [0.2, 0.25) is 0 Å². The predicted molar refractivity (Wildman–Crippen MR) is 97.0 cm³/mol. The zero-order chi connectivity index (χ0) is 16.4. The molecule has 0 aromatic heterocycles. The number of anilines is 2. The average molecular weight is 296 g/mol. The van der Waals surface area contributed by atoms with Crippen molar-refractivity contribution in [1.29, 1.82) is 0 Å². The van der Waals surface area contributed by atoms with E-state index in [-0.39, 0.29) is 10.8 Å². The van der Waals surface area contributed by atoms with Gasteiger partial charge in [-0.1, -0.05) is 52.0 Å². The lowest BCUT2D eigenvalue weighted by Gasteiger charge is -2.47. The lowest BCUT2D eigenvalue weighted by Crippen LogP contribution is -2.44. The SMILES string of the molecule is CCC(C)(c1ccc(N)cc1)C(C)(CC)c1ccc(N)cc1. The van der Waals surface area contributed by atoms with Crippen molar-refractivity contribution in [2.24, 2.45) is 0 Å². The van der Waals surface area contributed by atoms with Gasteiger partial charge in [-0.3, -0.25) is 0 Å². The molecule has 0 aliphatic carbocycles. The summed E-state index contributed by atoms with van der Waals surface area (Å²) in [6.45, 7) is 9.25. The second-order valence-electron chi connectivity index (χ2n) is 6.62. The number of hydrogen-bond donors (Lipinski definition) is 2. The van der Waals surface area contributed by atoms with E-state index < -0.39 is 0 Å². The fourth-order valence-electron chi connectivity index (χ4n) is 3.53. The first-order valence-electron chi connectivity index (χ1n) is 8.09. The van der Waals surface area contributed by atoms with Crippen molar-refractivity contribution < 1.29 is 0 Å². The van der Waals surface area contributed by atoms with E-state index in [4.69, 9.17) is 11.5 Å². The highest BCUT2D eigenvalue weighted by Crippen LogP contribution is 2.48. The minimum absolute atomic E-state index is 0.0333. The van der Waals surface area contributed by atoms with Gasteiger partial charge in [-0.05, 0) is 48.2 Å². The van der Waals surface area contributed by atoms with Crippen LogP contribution >= 0.6 is 0 Å². The third-order valence-corrected chi connectivity index (χ3v) is 5.73. The monoisotopic (exact) mass is 296 g/mol. The summed E-state index contributed by atoms with van der Waals surface area (Å²) in [5.74, 6) is 0. The van der Waals surface area contributed by atoms with Crippen LogP contribution in [0.3, 0.4) is 0 Å². The Labute approximate surface area is 134 Å². The molecule has 2 heteroatoms. The highest BCUT2D eigenvalue weighted by molar-refractivity contribution is 5.47. The first kappa shape index (κ1) is 16.4. The highest BCUT2D eigenvalue weighted by atomic mass is 14.6. The van der Waals surface area contributed by atoms with Crippen molar-refractivity contribution in [3.8, 4) is 0 Å². The summed E-state index contributed by atoms with van der Waals surface area (Å²) in [5, 5.41) is 0. The molecule has 2 unspecified atom stereocenters. The Kier molecular flexibility index (Phi) is 4.50. The van der Waals surface area contributed by atoms with Crippen molar-refractivity contribution in [1.82, 2.24) is 0 Å². The van der Waals surface area contributed by atoms with E-state index in [1.54, 1.807) is 0 Å². The first-order valence-corrected chi connectivity index (χ1v) is 8.09. The van der Waals surface area contributed by atoms with Gasteiger partial charge >= 0.3 is 0 Å². The fraction of sp³-hybridized carbons (Fsp3) is 0.400. The topological polar surface area (TPSA) is 52.0 Å². The first-order chi connectivity index (χ1) is 10.4. The molecule has 2 aromatic rings. The van der Waals surface area contributed by atoms with Gasteiger partial charge in [-0.2, -0.15) is 0 Å². The molecule has 0 fully saturated rings. The molecule has 0 saturated heterocycles. The molecule has 0 amide bonds. The second kappa shape index (κ2) is 6.04. The summed E-state index contributed by atoms with van der Waals surface area (Å²) in [7, 11) is 0. The van der Waals surface area contributed by atoms with E-state index in [2.05, 4.69) is 52.0 Å². The molecule has 0 radical (unpaired) electrons. The molecular formula is C20H28N2. The molecule has 0 spiro atoms. The molecule has 2 nitrogen and oxygen atoms in total. The molecule has 2 aromatic carbocycles. The second-order valence-corrected chi connectivity index (χ2v) is 6.62. The third-order valence-electron chi connectivity index (χ3n) is 5.73. The summed E-state index contributed by atoms with van der Waals surface area (Å²) in [6.07, 6.45) is 2.12. The van der Waals surface area contributed by atoms with Crippen LogP contribution in [0.1, 0.15) is 51.7 Å². The number of hydrogen-bond acceptors (Lipinski definition) is 2. The molecule has 2 atom stereocenters. The van der Waals surface area contributed by atoms with Crippen LogP contribution in [-0.4, -0.2) is 0 Å². The van der Waals surface area contributed by atoms with E-state index in [1.165, 1.54) is 11.1 Å². The maximum Gasteiger partial charge on any atom is 0.0314 e. The van der Waals surface area contributed by atoms with Gasteiger partial charge in [0.2, 0.25) is 0 Å². The molecule has 0 aliphatic rings. The molecule has 22 heavy (non-hydrogen) atoms. The van der Waals surface area contributed by atoms with Crippen LogP contribution in [0.25, 0.3) is 0 Å².